The van der Waals surface area contributed by atoms with E-state index >= 15 is 0 Å². The minimum atomic E-state index is -0.542. The standard InChI is InChI=1S/C29H29N7O2/c1-28(2,3)38-27(37)31-29(15-7-16-29)22-12-10-19(11-13-22)24-25(20-8-5-4-6-9-20)36-17-14-21(18-23(36)30-24)26-32-34-35-33-26/h4-6,8-14,17-18H,7,15-16H2,1-3H3,(H,31,37)(H,32,33,34,35). The molecule has 1 amide bonds. The van der Waals surface area contributed by atoms with Gasteiger partial charge in [-0.1, -0.05) is 54.6 Å². The highest BCUT2D eigenvalue weighted by Crippen LogP contribution is 2.42. The smallest absolute Gasteiger partial charge is 0.408 e. The van der Waals surface area contributed by atoms with Gasteiger partial charge in [-0.05, 0) is 62.9 Å². The summed E-state index contributed by atoms with van der Waals surface area (Å²) < 4.78 is 7.62. The summed E-state index contributed by atoms with van der Waals surface area (Å²) in [5, 5.41) is 17.5. The number of aromatic nitrogens is 6. The Morgan fingerprint density at radius 2 is 1.76 bits per heavy atom. The van der Waals surface area contributed by atoms with Crippen molar-refractivity contribution in [2.45, 2.75) is 51.2 Å². The molecule has 0 atom stereocenters. The van der Waals surface area contributed by atoms with E-state index in [-0.39, 0.29) is 6.09 Å². The molecule has 0 unspecified atom stereocenters. The third kappa shape index (κ3) is 4.40. The second-order valence-corrected chi connectivity index (χ2v) is 10.7. The zero-order valence-corrected chi connectivity index (χ0v) is 21.6. The maximum absolute atomic E-state index is 12.6. The highest BCUT2D eigenvalue weighted by Gasteiger charge is 2.41. The van der Waals surface area contributed by atoms with Gasteiger partial charge in [0.2, 0.25) is 5.82 Å². The molecule has 9 nitrogen and oxygen atoms in total. The minimum Gasteiger partial charge on any atom is -0.444 e. The van der Waals surface area contributed by atoms with E-state index < -0.39 is 11.1 Å². The molecule has 1 aliphatic rings. The summed E-state index contributed by atoms with van der Waals surface area (Å²) in [4.78, 5) is 17.6. The Bertz CT molecular complexity index is 1580. The number of hydrogen-bond acceptors (Lipinski definition) is 6. The van der Waals surface area contributed by atoms with Crippen molar-refractivity contribution in [3.05, 3.63) is 78.5 Å². The number of hydrogen-bond donors (Lipinski definition) is 2. The molecule has 2 N–H and O–H groups in total. The molecule has 9 heteroatoms. The number of nitrogens with zero attached hydrogens (tertiary/aromatic N) is 5. The van der Waals surface area contributed by atoms with E-state index in [2.05, 4.69) is 66.7 Å². The van der Waals surface area contributed by atoms with Crippen LogP contribution in [0.2, 0.25) is 0 Å². The van der Waals surface area contributed by atoms with E-state index in [1.165, 1.54) is 0 Å². The maximum atomic E-state index is 12.6. The Labute approximate surface area is 220 Å². The SMILES string of the molecule is CC(C)(C)OC(=O)NC1(c2ccc(-c3nc4cc(-c5nn[nH]n5)ccn4c3-c3ccccc3)cc2)CCC1. The molecule has 0 radical (unpaired) electrons. The fraction of sp³-hybridized carbons (Fsp3) is 0.276. The summed E-state index contributed by atoms with van der Waals surface area (Å²) in [5.74, 6) is 0.519. The molecule has 0 spiro atoms. The van der Waals surface area contributed by atoms with Crippen LogP contribution in [0.25, 0.3) is 39.5 Å². The van der Waals surface area contributed by atoms with E-state index in [1.807, 2.05) is 57.3 Å². The molecule has 3 aromatic heterocycles. The molecule has 1 aliphatic carbocycles. The monoisotopic (exact) mass is 507 g/mol. The molecule has 0 saturated heterocycles. The molecule has 3 heterocycles. The fourth-order valence-electron chi connectivity index (χ4n) is 5.00. The van der Waals surface area contributed by atoms with Crippen LogP contribution in [0.5, 0.6) is 0 Å². The van der Waals surface area contributed by atoms with Gasteiger partial charge in [0, 0.05) is 22.9 Å². The molecule has 38 heavy (non-hydrogen) atoms. The van der Waals surface area contributed by atoms with Gasteiger partial charge < -0.3 is 10.1 Å². The first kappa shape index (κ1) is 23.8. The van der Waals surface area contributed by atoms with Crippen molar-refractivity contribution in [2.24, 2.45) is 0 Å². The number of pyridine rings is 1. The number of nitrogens with one attached hydrogen (secondary N) is 2. The van der Waals surface area contributed by atoms with Crippen LogP contribution >= 0.6 is 0 Å². The van der Waals surface area contributed by atoms with Crippen LogP contribution in [0.3, 0.4) is 0 Å². The molecule has 192 valence electrons. The fourth-order valence-corrected chi connectivity index (χ4v) is 5.00. The molecule has 2 aromatic carbocycles. The number of benzene rings is 2. The lowest BCUT2D eigenvalue weighted by Crippen LogP contribution is -2.52. The van der Waals surface area contributed by atoms with Gasteiger partial charge in [-0.15, -0.1) is 10.2 Å². The van der Waals surface area contributed by atoms with Crippen molar-refractivity contribution < 1.29 is 9.53 Å². The zero-order valence-electron chi connectivity index (χ0n) is 21.6. The minimum absolute atomic E-state index is 0.384. The van der Waals surface area contributed by atoms with Crippen LogP contribution in [0.15, 0.2) is 72.9 Å². The first-order valence-electron chi connectivity index (χ1n) is 12.7. The first-order valence-corrected chi connectivity index (χ1v) is 12.7. The van der Waals surface area contributed by atoms with Crippen LogP contribution in [-0.2, 0) is 10.3 Å². The van der Waals surface area contributed by atoms with Gasteiger partial charge in [-0.2, -0.15) is 5.21 Å². The van der Waals surface area contributed by atoms with Gasteiger partial charge in [0.15, 0.2) is 0 Å². The van der Waals surface area contributed by atoms with Crippen molar-refractivity contribution in [3.8, 4) is 33.9 Å². The largest absolute Gasteiger partial charge is 0.444 e. The van der Waals surface area contributed by atoms with Crippen molar-refractivity contribution in [1.29, 1.82) is 0 Å². The van der Waals surface area contributed by atoms with Crippen molar-refractivity contribution in [1.82, 2.24) is 35.3 Å². The lowest BCUT2D eigenvalue weighted by molar-refractivity contribution is 0.0377. The van der Waals surface area contributed by atoms with Gasteiger partial charge in [0.25, 0.3) is 0 Å². The number of fused-ring (bicyclic) bond motifs is 1. The topological polar surface area (TPSA) is 110 Å². The van der Waals surface area contributed by atoms with Crippen LogP contribution < -0.4 is 5.32 Å². The second kappa shape index (κ2) is 9.09. The van der Waals surface area contributed by atoms with E-state index in [0.29, 0.717) is 5.82 Å². The van der Waals surface area contributed by atoms with Gasteiger partial charge in [-0.3, -0.25) is 4.40 Å². The lowest BCUT2D eigenvalue weighted by atomic mass is 9.71. The van der Waals surface area contributed by atoms with E-state index in [0.717, 1.165) is 58.6 Å². The second-order valence-electron chi connectivity index (χ2n) is 10.7. The number of tetrazole rings is 1. The van der Waals surface area contributed by atoms with E-state index in [1.54, 1.807) is 0 Å². The summed E-state index contributed by atoms with van der Waals surface area (Å²) in [5.41, 5.74) is 5.67. The highest BCUT2D eigenvalue weighted by molar-refractivity contribution is 5.83. The number of rotatable bonds is 5. The maximum Gasteiger partial charge on any atom is 0.408 e. The predicted octanol–water partition coefficient (Wildman–Crippen LogP) is 5.75. The average Bonchev–Trinajstić information content (AvgIpc) is 3.54. The number of alkyl carbamates (subject to hydrolysis) is 1. The predicted molar refractivity (Wildman–Crippen MR) is 144 cm³/mol. The number of H-pyrrole nitrogens is 1. The number of aromatic amines is 1. The quantitative estimate of drug-likeness (QED) is 0.313. The first-order chi connectivity index (χ1) is 18.3. The van der Waals surface area contributed by atoms with Gasteiger partial charge in [0.05, 0.1) is 16.9 Å². The number of imidazole rings is 1. The molecule has 1 saturated carbocycles. The van der Waals surface area contributed by atoms with Crippen LogP contribution in [-0.4, -0.2) is 41.7 Å². The lowest BCUT2D eigenvalue weighted by Gasteiger charge is -2.43. The molecule has 6 rings (SSSR count). The summed E-state index contributed by atoms with van der Waals surface area (Å²) in [7, 11) is 0. The molecule has 5 aromatic rings. The molecule has 0 bridgehead atoms. The summed E-state index contributed by atoms with van der Waals surface area (Å²) >= 11 is 0. The molecular weight excluding hydrogens is 478 g/mol. The molecule has 0 aliphatic heterocycles. The number of carbonyl (C=O) groups is 1. The van der Waals surface area contributed by atoms with Crippen LogP contribution in [0, 0.1) is 0 Å². The Balaban J connectivity index is 1.39. The van der Waals surface area contributed by atoms with Crippen molar-refractivity contribution in [3.63, 3.8) is 0 Å². The van der Waals surface area contributed by atoms with Crippen molar-refractivity contribution >= 4 is 11.7 Å². The highest BCUT2D eigenvalue weighted by atomic mass is 16.6. The van der Waals surface area contributed by atoms with Crippen molar-refractivity contribution in [2.75, 3.05) is 0 Å². The number of amides is 1. The number of carbonyl (C=O) groups excluding carboxylic acids is 1. The van der Waals surface area contributed by atoms with Gasteiger partial charge >= 0.3 is 6.09 Å². The van der Waals surface area contributed by atoms with Gasteiger partial charge in [0.1, 0.15) is 11.2 Å². The molecular formula is C29H29N7O2. The Morgan fingerprint density at radius 1 is 1.00 bits per heavy atom. The normalized spacial score (nSPS) is 14.7. The summed E-state index contributed by atoms with van der Waals surface area (Å²) in [6.07, 6.45) is 4.43. The Hall–Kier alpha value is -4.53. The average molecular weight is 508 g/mol. The molecule has 1 fully saturated rings. The summed E-state index contributed by atoms with van der Waals surface area (Å²) in [6, 6.07) is 22.5. The van der Waals surface area contributed by atoms with E-state index in [4.69, 9.17) is 9.72 Å². The summed E-state index contributed by atoms with van der Waals surface area (Å²) in [6.45, 7) is 5.62. The Kier molecular flexibility index (Phi) is 5.71. The van der Waals surface area contributed by atoms with E-state index in [9.17, 15) is 4.79 Å². The zero-order chi connectivity index (χ0) is 26.3. The number of ether oxygens (including phenoxy) is 1. The van der Waals surface area contributed by atoms with Crippen LogP contribution in [0.1, 0.15) is 45.6 Å². The third-order valence-corrected chi connectivity index (χ3v) is 6.94. The Morgan fingerprint density at radius 3 is 2.39 bits per heavy atom. The third-order valence-electron chi connectivity index (χ3n) is 6.94. The van der Waals surface area contributed by atoms with Crippen LogP contribution in [0.4, 0.5) is 4.79 Å². The van der Waals surface area contributed by atoms with Gasteiger partial charge in [-0.25, -0.2) is 9.78 Å².